The Balaban J connectivity index is 2.65. The van der Waals surface area contributed by atoms with Crippen molar-refractivity contribution < 1.29 is 19.1 Å². The molecule has 0 aliphatic carbocycles. The summed E-state index contributed by atoms with van der Waals surface area (Å²) in [6.07, 6.45) is 0.749. The quantitative estimate of drug-likeness (QED) is 0.519. The Kier molecular flexibility index (Phi) is 8.00. The Morgan fingerprint density at radius 3 is 2.76 bits per heavy atom. The minimum absolute atomic E-state index is 0.0442. The van der Waals surface area contributed by atoms with E-state index >= 15 is 0 Å². The summed E-state index contributed by atoms with van der Waals surface area (Å²) >= 11 is 1.41. The number of ether oxygens (including phenoxy) is 2. The molecule has 0 aromatic carbocycles. The molecule has 1 rings (SSSR count). The van der Waals surface area contributed by atoms with Gasteiger partial charge in [0.15, 0.2) is 0 Å². The molecule has 6 heteroatoms. The van der Waals surface area contributed by atoms with Crippen molar-refractivity contribution in [1.29, 1.82) is 0 Å². The fourth-order valence-electron chi connectivity index (χ4n) is 1.94. The molecule has 0 N–H and O–H groups in total. The maximum atomic E-state index is 12.5. The van der Waals surface area contributed by atoms with Crippen molar-refractivity contribution in [2.45, 2.75) is 20.3 Å². The molecule has 0 spiro atoms. The highest BCUT2D eigenvalue weighted by Crippen LogP contribution is 2.14. The summed E-state index contributed by atoms with van der Waals surface area (Å²) in [6.45, 7) is 5.90. The zero-order valence-corrected chi connectivity index (χ0v) is 13.6. The summed E-state index contributed by atoms with van der Waals surface area (Å²) in [5, 5.41) is 1.87. The number of carbonyl (C=O) groups is 2. The summed E-state index contributed by atoms with van der Waals surface area (Å²) in [4.78, 5) is 26.4. The number of carbonyl (C=O) groups excluding carboxylic acids is 2. The number of amides is 1. The van der Waals surface area contributed by atoms with Crippen LogP contribution in [0.3, 0.4) is 0 Å². The van der Waals surface area contributed by atoms with Crippen molar-refractivity contribution in [3.05, 3.63) is 22.4 Å². The van der Waals surface area contributed by atoms with Crippen molar-refractivity contribution >= 4 is 23.2 Å². The molecule has 0 fully saturated rings. The van der Waals surface area contributed by atoms with Crippen LogP contribution in [0.1, 0.15) is 29.9 Å². The second-order valence-electron chi connectivity index (χ2n) is 4.70. The van der Waals surface area contributed by atoms with Crippen molar-refractivity contribution in [1.82, 2.24) is 4.90 Å². The number of thiophene rings is 1. The maximum Gasteiger partial charge on any atom is 0.310 e. The molecule has 1 aromatic rings. The first kappa shape index (κ1) is 17.7. The highest BCUT2D eigenvalue weighted by molar-refractivity contribution is 7.12. The molecule has 0 saturated heterocycles. The predicted molar refractivity (Wildman–Crippen MR) is 82.5 cm³/mol. The van der Waals surface area contributed by atoms with Crippen LogP contribution >= 0.6 is 11.3 Å². The van der Waals surface area contributed by atoms with E-state index in [-0.39, 0.29) is 17.8 Å². The van der Waals surface area contributed by atoms with Crippen molar-refractivity contribution in [2.75, 3.05) is 33.4 Å². The Bertz CT molecular complexity index is 433. The SMILES string of the molecule is CCOCCCN(C[C@@H](C)C(=O)OC)C(=O)c1cccs1. The molecule has 0 bridgehead atoms. The van der Waals surface area contributed by atoms with Crippen molar-refractivity contribution in [2.24, 2.45) is 5.92 Å². The van der Waals surface area contributed by atoms with Gasteiger partial charge in [-0.1, -0.05) is 13.0 Å². The first-order valence-electron chi connectivity index (χ1n) is 7.08. The highest BCUT2D eigenvalue weighted by atomic mass is 32.1. The van der Waals surface area contributed by atoms with E-state index in [4.69, 9.17) is 9.47 Å². The second kappa shape index (κ2) is 9.52. The third kappa shape index (κ3) is 5.85. The number of rotatable bonds is 9. The average Bonchev–Trinajstić information content (AvgIpc) is 3.02. The molecule has 5 nitrogen and oxygen atoms in total. The molecular formula is C15H23NO4S. The van der Waals surface area contributed by atoms with Crippen LogP contribution in [0.15, 0.2) is 17.5 Å². The van der Waals surface area contributed by atoms with Gasteiger partial charge in [-0.3, -0.25) is 9.59 Å². The summed E-state index contributed by atoms with van der Waals surface area (Å²) in [5.41, 5.74) is 0. The molecule has 1 atom stereocenters. The number of hydrogen-bond donors (Lipinski definition) is 0. The Morgan fingerprint density at radius 2 is 2.19 bits per heavy atom. The number of methoxy groups -OCH3 is 1. The number of hydrogen-bond acceptors (Lipinski definition) is 5. The smallest absolute Gasteiger partial charge is 0.310 e. The molecule has 1 amide bonds. The molecule has 21 heavy (non-hydrogen) atoms. The molecule has 0 unspecified atom stereocenters. The van der Waals surface area contributed by atoms with Crippen molar-refractivity contribution in [3.8, 4) is 0 Å². The monoisotopic (exact) mass is 313 g/mol. The standard InChI is InChI=1S/C15H23NO4S/c1-4-20-9-6-8-16(11-12(2)15(18)19-3)14(17)13-7-5-10-21-13/h5,7,10,12H,4,6,8-9,11H2,1-3H3/t12-/m1/s1. The maximum absolute atomic E-state index is 12.5. The van der Waals surface area contributed by atoms with Crippen LogP contribution in [0, 0.1) is 5.92 Å². The van der Waals surface area contributed by atoms with Crippen LogP contribution in [0.25, 0.3) is 0 Å². The fraction of sp³-hybridized carbons (Fsp3) is 0.600. The van der Waals surface area contributed by atoms with E-state index in [2.05, 4.69) is 0 Å². The molecule has 0 radical (unpaired) electrons. The molecule has 118 valence electrons. The minimum atomic E-state index is -0.342. The van der Waals surface area contributed by atoms with Gasteiger partial charge in [0.05, 0.1) is 17.9 Å². The van der Waals surface area contributed by atoms with Gasteiger partial charge in [0, 0.05) is 26.3 Å². The summed E-state index contributed by atoms with van der Waals surface area (Å²) in [7, 11) is 1.36. The molecule has 0 saturated carbocycles. The predicted octanol–water partition coefficient (Wildman–Crippen LogP) is 2.43. The first-order chi connectivity index (χ1) is 10.1. The molecule has 0 aliphatic rings. The Hall–Kier alpha value is -1.40. The van der Waals surface area contributed by atoms with Crippen LogP contribution < -0.4 is 0 Å². The normalized spacial score (nSPS) is 12.0. The van der Waals surface area contributed by atoms with Gasteiger partial charge >= 0.3 is 5.97 Å². The fourth-order valence-corrected chi connectivity index (χ4v) is 2.63. The van der Waals surface area contributed by atoms with Gasteiger partial charge in [-0.15, -0.1) is 11.3 Å². The van der Waals surface area contributed by atoms with E-state index in [1.165, 1.54) is 18.4 Å². The lowest BCUT2D eigenvalue weighted by atomic mass is 10.1. The van der Waals surface area contributed by atoms with Crippen LogP contribution in [-0.2, 0) is 14.3 Å². The zero-order chi connectivity index (χ0) is 15.7. The van der Waals surface area contributed by atoms with Crippen LogP contribution in [0.4, 0.5) is 0 Å². The molecule has 1 heterocycles. The van der Waals surface area contributed by atoms with Crippen LogP contribution in [0.5, 0.6) is 0 Å². The van der Waals surface area contributed by atoms with E-state index in [9.17, 15) is 9.59 Å². The summed E-state index contributed by atoms with van der Waals surface area (Å²) in [5.74, 6) is -0.688. The number of nitrogens with zero attached hydrogens (tertiary/aromatic N) is 1. The molecule has 1 aromatic heterocycles. The topological polar surface area (TPSA) is 55.8 Å². The Morgan fingerprint density at radius 1 is 1.43 bits per heavy atom. The summed E-state index contributed by atoms with van der Waals surface area (Å²) in [6, 6.07) is 3.64. The summed E-state index contributed by atoms with van der Waals surface area (Å²) < 4.78 is 10.0. The number of esters is 1. The van der Waals surface area contributed by atoms with Gasteiger partial charge in [-0.05, 0) is 24.8 Å². The van der Waals surface area contributed by atoms with Gasteiger partial charge in [-0.25, -0.2) is 0 Å². The van der Waals surface area contributed by atoms with Gasteiger partial charge < -0.3 is 14.4 Å². The lowest BCUT2D eigenvalue weighted by molar-refractivity contribution is -0.145. The lowest BCUT2D eigenvalue weighted by Crippen LogP contribution is -2.38. The van der Waals surface area contributed by atoms with E-state index in [0.29, 0.717) is 31.2 Å². The van der Waals surface area contributed by atoms with E-state index in [1.807, 2.05) is 18.4 Å². The third-order valence-electron chi connectivity index (χ3n) is 3.04. The highest BCUT2D eigenvalue weighted by Gasteiger charge is 2.22. The van der Waals surface area contributed by atoms with E-state index < -0.39 is 0 Å². The second-order valence-corrected chi connectivity index (χ2v) is 5.65. The van der Waals surface area contributed by atoms with E-state index in [0.717, 1.165) is 6.42 Å². The Labute approximate surface area is 129 Å². The lowest BCUT2D eigenvalue weighted by Gasteiger charge is -2.24. The largest absolute Gasteiger partial charge is 0.469 e. The molecule has 0 aliphatic heterocycles. The van der Waals surface area contributed by atoms with Crippen LogP contribution in [0.2, 0.25) is 0 Å². The third-order valence-corrected chi connectivity index (χ3v) is 3.90. The molecular weight excluding hydrogens is 290 g/mol. The van der Waals surface area contributed by atoms with Gasteiger partial charge in [-0.2, -0.15) is 0 Å². The average molecular weight is 313 g/mol. The van der Waals surface area contributed by atoms with Gasteiger partial charge in [0.25, 0.3) is 5.91 Å². The van der Waals surface area contributed by atoms with Crippen LogP contribution in [-0.4, -0.2) is 50.2 Å². The van der Waals surface area contributed by atoms with Gasteiger partial charge in [0.1, 0.15) is 0 Å². The van der Waals surface area contributed by atoms with Crippen molar-refractivity contribution in [3.63, 3.8) is 0 Å². The first-order valence-corrected chi connectivity index (χ1v) is 7.96. The zero-order valence-electron chi connectivity index (χ0n) is 12.8. The van der Waals surface area contributed by atoms with Gasteiger partial charge in [0.2, 0.25) is 0 Å². The minimum Gasteiger partial charge on any atom is -0.469 e. The van der Waals surface area contributed by atoms with E-state index in [1.54, 1.807) is 17.9 Å².